The molecule has 0 radical (unpaired) electrons. The number of carbonyl (C=O) groups is 1. The predicted octanol–water partition coefficient (Wildman–Crippen LogP) is 1.15. The Morgan fingerprint density at radius 3 is 2.60 bits per heavy atom. The van der Waals surface area contributed by atoms with Crippen LogP contribution in [0, 0.1) is 0 Å². The van der Waals surface area contributed by atoms with Gasteiger partial charge in [0.15, 0.2) is 5.12 Å². The Bertz CT molecular complexity index is 313. The van der Waals surface area contributed by atoms with E-state index in [0.29, 0.717) is 12.3 Å². The van der Waals surface area contributed by atoms with E-state index in [9.17, 15) is 4.79 Å². The van der Waals surface area contributed by atoms with Crippen LogP contribution in [-0.2, 0) is 17.0 Å². The maximum Gasteiger partial charge on any atom is 0.186 e. The number of rotatable bonds is 5. The molecule has 0 aromatic carbocycles. The molecule has 1 aromatic rings. The molecule has 0 saturated heterocycles. The molecular formula is C10H15N3OS. The largest absolute Gasteiger partial charge is 0.330 e. The molecule has 1 aromatic heterocycles. The van der Waals surface area contributed by atoms with Crippen LogP contribution < -0.4 is 5.73 Å². The number of carbonyl (C=O) groups excluding carboxylic acids is 1. The van der Waals surface area contributed by atoms with E-state index >= 15 is 0 Å². The first-order valence-electron chi connectivity index (χ1n) is 4.85. The molecule has 0 amide bonds. The first-order chi connectivity index (χ1) is 7.22. The zero-order valence-electron chi connectivity index (χ0n) is 8.77. The van der Waals surface area contributed by atoms with Gasteiger partial charge in [0, 0.05) is 25.1 Å². The average Bonchev–Trinajstić information content (AvgIpc) is 2.25. The molecular weight excluding hydrogens is 210 g/mol. The summed E-state index contributed by atoms with van der Waals surface area (Å²) in [7, 11) is 0. The first kappa shape index (κ1) is 12.1. The van der Waals surface area contributed by atoms with Crippen molar-refractivity contribution in [1.29, 1.82) is 0 Å². The van der Waals surface area contributed by atoms with E-state index < -0.39 is 0 Å². The van der Waals surface area contributed by atoms with E-state index in [2.05, 4.69) is 9.97 Å². The van der Waals surface area contributed by atoms with E-state index in [4.69, 9.17) is 5.73 Å². The minimum Gasteiger partial charge on any atom is -0.330 e. The second-order valence-corrected chi connectivity index (χ2v) is 4.32. The molecule has 0 fully saturated rings. The van der Waals surface area contributed by atoms with Gasteiger partial charge in [-0.1, -0.05) is 11.8 Å². The molecule has 0 aliphatic rings. The van der Waals surface area contributed by atoms with Gasteiger partial charge in [-0.25, -0.2) is 0 Å². The monoisotopic (exact) mass is 225 g/mol. The Morgan fingerprint density at radius 2 is 2.07 bits per heavy atom. The van der Waals surface area contributed by atoms with Crippen molar-refractivity contribution >= 4 is 16.9 Å². The lowest BCUT2D eigenvalue weighted by Crippen LogP contribution is -2.02. The summed E-state index contributed by atoms with van der Waals surface area (Å²) in [4.78, 5) is 19.2. The number of aromatic nitrogens is 2. The number of thioether (sulfide) groups is 1. The van der Waals surface area contributed by atoms with Gasteiger partial charge in [0.25, 0.3) is 0 Å². The molecule has 0 atom stereocenters. The van der Waals surface area contributed by atoms with Gasteiger partial charge < -0.3 is 5.73 Å². The number of hydrogen-bond donors (Lipinski definition) is 1. The molecule has 0 bridgehead atoms. The fourth-order valence-electron chi connectivity index (χ4n) is 1.04. The maximum atomic E-state index is 10.7. The Morgan fingerprint density at radius 1 is 1.40 bits per heavy atom. The Labute approximate surface area is 93.7 Å². The quantitative estimate of drug-likeness (QED) is 0.814. The first-order valence-corrected chi connectivity index (χ1v) is 5.84. The van der Waals surface area contributed by atoms with Crippen LogP contribution in [0.5, 0.6) is 0 Å². The third kappa shape index (κ3) is 4.90. The number of nitrogens with zero attached hydrogens (tertiary/aromatic N) is 2. The maximum absolute atomic E-state index is 10.7. The van der Waals surface area contributed by atoms with E-state index in [1.54, 1.807) is 19.3 Å². The van der Waals surface area contributed by atoms with Crippen molar-refractivity contribution in [2.45, 2.75) is 25.5 Å². The minimum atomic E-state index is 0.101. The summed E-state index contributed by atoms with van der Waals surface area (Å²) in [5.41, 5.74) is 7.19. The summed E-state index contributed by atoms with van der Waals surface area (Å²) in [6.45, 7) is 2.22. The van der Waals surface area contributed by atoms with Crippen LogP contribution in [0.1, 0.15) is 24.7 Å². The van der Waals surface area contributed by atoms with Crippen molar-refractivity contribution < 1.29 is 4.79 Å². The highest BCUT2D eigenvalue weighted by molar-refractivity contribution is 8.12. The third-order valence-corrected chi connectivity index (χ3v) is 2.67. The van der Waals surface area contributed by atoms with Gasteiger partial charge >= 0.3 is 0 Å². The highest BCUT2D eigenvalue weighted by Crippen LogP contribution is 2.09. The van der Waals surface area contributed by atoms with E-state index in [0.717, 1.165) is 24.2 Å². The molecule has 1 rings (SSSR count). The average molecular weight is 225 g/mol. The summed E-state index contributed by atoms with van der Waals surface area (Å²) >= 11 is 1.25. The van der Waals surface area contributed by atoms with Gasteiger partial charge in [-0.2, -0.15) is 0 Å². The highest BCUT2D eigenvalue weighted by atomic mass is 32.2. The summed E-state index contributed by atoms with van der Waals surface area (Å²) < 4.78 is 0. The molecule has 2 N–H and O–H groups in total. The van der Waals surface area contributed by atoms with Crippen LogP contribution in [0.4, 0.5) is 0 Å². The lowest BCUT2D eigenvalue weighted by molar-refractivity contribution is -0.109. The Hall–Kier alpha value is -0.940. The second kappa shape index (κ2) is 6.53. The molecule has 0 spiro atoms. The number of hydrogen-bond acceptors (Lipinski definition) is 5. The topological polar surface area (TPSA) is 68.9 Å². The fraction of sp³-hybridized carbons (Fsp3) is 0.500. The SMILES string of the molecule is CC(=O)SCc1cnc(CCCN)cn1. The summed E-state index contributed by atoms with van der Waals surface area (Å²) in [6, 6.07) is 0. The van der Waals surface area contributed by atoms with Crippen LogP contribution in [0.2, 0.25) is 0 Å². The Kier molecular flexibility index (Phi) is 5.28. The van der Waals surface area contributed by atoms with E-state index in [1.807, 2.05) is 0 Å². The number of nitrogens with two attached hydrogens (primary N) is 1. The van der Waals surface area contributed by atoms with Crippen molar-refractivity contribution in [3.63, 3.8) is 0 Å². The fourth-order valence-corrected chi connectivity index (χ4v) is 1.54. The third-order valence-electron chi connectivity index (χ3n) is 1.82. The van der Waals surface area contributed by atoms with Gasteiger partial charge in [-0.3, -0.25) is 14.8 Å². The zero-order valence-corrected chi connectivity index (χ0v) is 9.59. The van der Waals surface area contributed by atoms with Crippen LogP contribution in [0.25, 0.3) is 0 Å². The lowest BCUT2D eigenvalue weighted by atomic mass is 10.2. The lowest BCUT2D eigenvalue weighted by Gasteiger charge is -2.00. The van der Waals surface area contributed by atoms with Crippen molar-refractivity contribution in [3.05, 3.63) is 23.8 Å². The van der Waals surface area contributed by atoms with Crippen molar-refractivity contribution in [1.82, 2.24) is 9.97 Å². The van der Waals surface area contributed by atoms with Crippen LogP contribution in [-0.4, -0.2) is 21.6 Å². The molecule has 0 unspecified atom stereocenters. The summed E-state index contributed by atoms with van der Waals surface area (Å²) in [5, 5.41) is 0.101. The molecule has 82 valence electrons. The van der Waals surface area contributed by atoms with Crippen molar-refractivity contribution in [2.75, 3.05) is 6.54 Å². The molecule has 5 heteroatoms. The normalized spacial score (nSPS) is 10.3. The minimum absolute atomic E-state index is 0.101. The second-order valence-electron chi connectivity index (χ2n) is 3.17. The molecule has 0 aliphatic heterocycles. The number of aryl methyl sites for hydroxylation is 1. The van der Waals surface area contributed by atoms with Crippen LogP contribution in [0.3, 0.4) is 0 Å². The van der Waals surface area contributed by atoms with Crippen LogP contribution in [0.15, 0.2) is 12.4 Å². The molecule has 0 aliphatic carbocycles. The van der Waals surface area contributed by atoms with Gasteiger partial charge in [-0.15, -0.1) is 0 Å². The highest BCUT2D eigenvalue weighted by Gasteiger charge is 2.00. The molecule has 0 saturated carbocycles. The molecule has 4 nitrogen and oxygen atoms in total. The van der Waals surface area contributed by atoms with Gasteiger partial charge in [0.2, 0.25) is 0 Å². The zero-order chi connectivity index (χ0) is 11.1. The smallest absolute Gasteiger partial charge is 0.186 e. The predicted molar refractivity (Wildman–Crippen MR) is 61.4 cm³/mol. The molecule has 15 heavy (non-hydrogen) atoms. The van der Waals surface area contributed by atoms with E-state index in [1.165, 1.54) is 11.8 Å². The summed E-state index contributed by atoms with van der Waals surface area (Å²) in [6.07, 6.45) is 5.27. The van der Waals surface area contributed by atoms with Crippen molar-refractivity contribution in [2.24, 2.45) is 5.73 Å². The Balaban J connectivity index is 2.45. The van der Waals surface area contributed by atoms with E-state index in [-0.39, 0.29) is 5.12 Å². The summed E-state index contributed by atoms with van der Waals surface area (Å²) in [5.74, 6) is 0.597. The van der Waals surface area contributed by atoms with Gasteiger partial charge in [-0.05, 0) is 19.4 Å². The standard InChI is InChI=1S/C10H15N3OS/c1-8(14)15-7-10-6-12-9(5-13-10)3-2-4-11/h5-6H,2-4,7,11H2,1H3. The van der Waals surface area contributed by atoms with Crippen LogP contribution >= 0.6 is 11.8 Å². The van der Waals surface area contributed by atoms with Gasteiger partial charge in [0.05, 0.1) is 11.4 Å². The van der Waals surface area contributed by atoms with Gasteiger partial charge in [0.1, 0.15) is 0 Å². The van der Waals surface area contributed by atoms with Crippen molar-refractivity contribution in [3.8, 4) is 0 Å². The molecule has 1 heterocycles.